The number of aliphatic hydroxyl groups is 2. The summed E-state index contributed by atoms with van der Waals surface area (Å²) >= 11 is 0. The van der Waals surface area contributed by atoms with Crippen LogP contribution < -0.4 is 0 Å². The number of hydrogen-bond donors (Lipinski definition) is 2. The van der Waals surface area contributed by atoms with Gasteiger partial charge in [-0.3, -0.25) is 14.4 Å². The number of ether oxygens (including phenoxy) is 5. The van der Waals surface area contributed by atoms with Crippen LogP contribution in [-0.4, -0.2) is 123 Å². The van der Waals surface area contributed by atoms with Gasteiger partial charge in [-0.15, -0.1) is 0 Å². The number of nitrogens with zero attached hydrogens (tertiary/aromatic N) is 1. The fourth-order valence-corrected chi connectivity index (χ4v) is 8.73. The fourth-order valence-electron chi connectivity index (χ4n) is 7.49. The summed E-state index contributed by atoms with van der Waals surface area (Å²) in [7, 11) is 3.04. The number of carbonyl (C=O) groups is 3. The first-order valence-corrected chi connectivity index (χ1v) is 20.8. The van der Waals surface area contributed by atoms with E-state index in [0.717, 1.165) is 0 Å². The largest absolute Gasteiger partial charge is 0.459 e. The van der Waals surface area contributed by atoms with Crippen molar-refractivity contribution in [2.75, 3.05) is 21.2 Å². The van der Waals surface area contributed by atoms with Gasteiger partial charge in [-0.05, 0) is 80.7 Å². The van der Waals surface area contributed by atoms with E-state index in [1.807, 2.05) is 59.4 Å². The molecule has 0 amide bonds. The van der Waals surface area contributed by atoms with E-state index in [9.17, 15) is 24.6 Å². The normalized spacial score (nSPS) is 42.6. The Morgan fingerprint density at radius 3 is 2.10 bits per heavy atom. The van der Waals surface area contributed by atoms with Crippen LogP contribution in [0.3, 0.4) is 0 Å². The lowest BCUT2D eigenvalue weighted by molar-refractivity contribution is -0.303. The van der Waals surface area contributed by atoms with Crippen LogP contribution in [0, 0.1) is 23.7 Å². The molecule has 0 bridgehead atoms. The van der Waals surface area contributed by atoms with Gasteiger partial charge in [0, 0.05) is 31.8 Å². The van der Waals surface area contributed by atoms with Gasteiger partial charge in [0.05, 0.1) is 42.0 Å². The number of rotatable bonds is 8. The van der Waals surface area contributed by atoms with E-state index in [1.165, 1.54) is 13.8 Å². The first kappa shape index (κ1) is 42.7. The number of ketones is 1. The number of cyclic esters (lactones) is 1. The molecule has 2 rings (SSSR count). The molecule has 280 valence electrons. The van der Waals surface area contributed by atoms with E-state index in [0.29, 0.717) is 6.42 Å². The quantitative estimate of drug-likeness (QED) is 0.279. The average Bonchev–Trinajstić information content (AvgIpc) is 2.98. The highest BCUT2D eigenvalue weighted by Crippen LogP contribution is 2.40. The summed E-state index contributed by atoms with van der Waals surface area (Å²) < 4.78 is 38.1. The monoisotopic (exact) mass is 703 g/mol. The standard InChI is InChI=1S/C35H65NO11Si/c1-16-26-35(9,41)30(39)21(4)27(38)19(2)18-34(8,42-12)31(22(5)28(47-48(13,14)15)23(6)32(40)45-26)46-33-29(44-24(7)37)25(36(10)11)17-20(3)43-33/h19-23,25-26,28-31,33,39,41H,16-18H2,1-15H3/t19-,20-,21+,22+,23-,25+,26-,28+,29-,30-,31-,33+,34-,35-/m1/s1. The van der Waals surface area contributed by atoms with Crippen molar-refractivity contribution in [2.24, 2.45) is 23.7 Å². The maximum absolute atomic E-state index is 13.9. The van der Waals surface area contributed by atoms with Gasteiger partial charge in [-0.1, -0.05) is 27.7 Å². The van der Waals surface area contributed by atoms with Crippen molar-refractivity contribution in [3.05, 3.63) is 0 Å². The lowest BCUT2D eigenvalue weighted by Crippen LogP contribution is -2.61. The number of aliphatic hydroxyl groups excluding tert-OH is 1. The van der Waals surface area contributed by atoms with Gasteiger partial charge >= 0.3 is 11.9 Å². The van der Waals surface area contributed by atoms with Crippen LogP contribution in [0.4, 0.5) is 0 Å². The summed E-state index contributed by atoms with van der Waals surface area (Å²) in [6.07, 6.45) is -5.23. The second-order valence-corrected chi connectivity index (χ2v) is 20.3. The summed E-state index contributed by atoms with van der Waals surface area (Å²) in [5, 5.41) is 22.9. The van der Waals surface area contributed by atoms with Crippen molar-refractivity contribution in [3.8, 4) is 0 Å². The number of Topliss-reactive ketones (excluding diaryl/α,β-unsaturated/α-hetero) is 1. The Morgan fingerprint density at radius 2 is 1.62 bits per heavy atom. The van der Waals surface area contributed by atoms with Crippen LogP contribution in [0.25, 0.3) is 0 Å². The van der Waals surface area contributed by atoms with Crippen molar-refractivity contribution in [2.45, 2.75) is 161 Å². The van der Waals surface area contributed by atoms with Crippen molar-refractivity contribution >= 4 is 26.0 Å². The third-order valence-corrected chi connectivity index (χ3v) is 11.2. The lowest BCUT2D eigenvalue weighted by Gasteiger charge is -2.49. The molecule has 0 aliphatic carbocycles. The van der Waals surface area contributed by atoms with Crippen LogP contribution in [0.1, 0.15) is 81.6 Å². The Labute approximate surface area is 289 Å². The zero-order chi connectivity index (χ0) is 37.1. The van der Waals surface area contributed by atoms with Crippen LogP contribution in [0.5, 0.6) is 0 Å². The molecule has 0 aromatic carbocycles. The molecule has 0 radical (unpaired) electrons. The molecule has 2 saturated heterocycles. The van der Waals surface area contributed by atoms with Gasteiger partial charge in [-0.25, -0.2) is 0 Å². The molecule has 2 N–H and O–H groups in total. The molecular formula is C35H65NO11Si. The Balaban J connectivity index is 2.83. The summed E-state index contributed by atoms with van der Waals surface area (Å²) in [5.41, 5.74) is -3.06. The first-order valence-electron chi connectivity index (χ1n) is 17.4. The lowest BCUT2D eigenvalue weighted by atomic mass is 9.74. The zero-order valence-electron chi connectivity index (χ0n) is 32.1. The van der Waals surface area contributed by atoms with Crippen LogP contribution >= 0.6 is 0 Å². The minimum absolute atomic E-state index is 0.170. The SMILES string of the molecule is CC[C@H]1OC(=O)[C@H](C)[C@@H](O[Si](C)(C)C)[C@H](C)[C@@H](O[C@@H]2O[C@H](C)C[C@H](N(C)C)[C@H]2OC(C)=O)[C@](C)(OC)C[C@@H](C)C(=O)[C@H](C)[C@@H](O)[C@]1(C)O. The van der Waals surface area contributed by atoms with E-state index in [2.05, 4.69) is 0 Å². The zero-order valence-corrected chi connectivity index (χ0v) is 33.1. The molecule has 2 heterocycles. The number of methoxy groups -OCH3 is 1. The number of likely N-dealkylation sites (N-methyl/N-ethyl adjacent to an activating group) is 1. The predicted molar refractivity (Wildman–Crippen MR) is 184 cm³/mol. The number of hydrogen-bond acceptors (Lipinski definition) is 12. The predicted octanol–water partition coefficient (Wildman–Crippen LogP) is 3.94. The van der Waals surface area contributed by atoms with Gasteiger partial charge in [0.25, 0.3) is 0 Å². The van der Waals surface area contributed by atoms with Gasteiger partial charge < -0.3 is 43.2 Å². The van der Waals surface area contributed by atoms with E-state index in [4.69, 9.17) is 28.1 Å². The van der Waals surface area contributed by atoms with Gasteiger partial charge in [-0.2, -0.15) is 0 Å². The Bertz CT molecular complexity index is 1100. The van der Waals surface area contributed by atoms with Crippen molar-refractivity contribution in [1.29, 1.82) is 0 Å². The summed E-state index contributed by atoms with van der Waals surface area (Å²) in [4.78, 5) is 42.2. The molecule has 2 aliphatic heterocycles. The smallest absolute Gasteiger partial charge is 0.311 e. The molecule has 0 saturated carbocycles. The van der Waals surface area contributed by atoms with Crippen LogP contribution in [0.15, 0.2) is 0 Å². The first-order chi connectivity index (χ1) is 21.9. The highest BCUT2D eigenvalue weighted by atomic mass is 28.4. The molecule has 0 unspecified atom stereocenters. The number of esters is 2. The van der Waals surface area contributed by atoms with Crippen molar-refractivity contribution < 1.29 is 52.7 Å². The van der Waals surface area contributed by atoms with Gasteiger partial charge in [0.2, 0.25) is 0 Å². The van der Waals surface area contributed by atoms with Gasteiger partial charge in [0.15, 0.2) is 20.7 Å². The summed E-state index contributed by atoms with van der Waals surface area (Å²) in [5.74, 6) is -4.37. The molecule has 2 aliphatic rings. The van der Waals surface area contributed by atoms with E-state index >= 15 is 0 Å². The fraction of sp³-hybridized carbons (Fsp3) is 0.914. The third kappa shape index (κ3) is 10.1. The Kier molecular flexibility index (Phi) is 14.9. The van der Waals surface area contributed by atoms with Crippen LogP contribution in [0.2, 0.25) is 19.6 Å². The van der Waals surface area contributed by atoms with Crippen molar-refractivity contribution in [1.82, 2.24) is 4.90 Å². The second kappa shape index (κ2) is 16.7. The molecule has 2 fully saturated rings. The number of carbonyl (C=O) groups excluding carboxylic acids is 3. The highest BCUT2D eigenvalue weighted by molar-refractivity contribution is 6.69. The average molecular weight is 704 g/mol. The molecule has 0 aromatic heterocycles. The molecule has 14 atom stereocenters. The maximum atomic E-state index is 13.9. The van der Waals surface area contributed by atoms with E-state index < -0.39 is 91.9 Å². The van der Waals surface area contributed by atoms with Crippen molar-refractivity contribution in [3.63, 3.8) is 0 Å². The molecule has 48 heavy (non-hydrogen) atoms. The summed E-state index contributed by atoms with van der Waals surface area (Å²) in [6, 6.07) is -0.213. The van der Waals surface area contributed by atoms with E-state index in [-0.39, 0.29) is 30.8 Å². The van der Waals surface area contributed by atoms with E-state index in [1.54, 1.807) is 34.8 Å². The Hall–Kier alpha value is -1.45. The highest BCUT2D eigenvalue weighted by Gasteiger charge is 2.53. The molecule has 0 aromatic rings. The third-order valence-electron chi connectivity index (χ3n) is 10.3. The Morgan fingerprint density at radius 1 is 1.04 bits per heavy atom. The summed E-state index contributed by atoms with van der Waals surface area (Å²) in [6.45, 7) is 21.3. The molecule has 13 heteroatoms. The molecular weight excluding hydrogens is 638 g/mol. The van der Waals surface area contributed by atoms with Gasteiger partial charge in [0.1, 0.15) is 17.5 Å². The van der Waals surface area contributed by atoms with Crippen LogP contribution in [-0.2, 0) is 42.5 Å². The minimum Gasteiger partial charge on any atom is -0.459 e. The second-order valence-electron chi connectivity index (χ2n) is 15.9. The molecule has 0 spiro atoms. The molecule has 12 nitrogen and oxygen atoms in total. The maximum Gasteiger partial charge on any atom is 0.311 e. The minimum atomic E-state index is -2.33. The topological polar surface area (TPSA) is 150 Å².